The third kappa shape index (κ3) is 5.14. The fourth-order valence-corrected chi connectivity index (χ4v) is 3.28. The molecule has 5 nitrogen and oxygen atoms in total. The smallest absolute Gasteiger partial charge is 0.273 e. The SMILES string of the molecule is C=C(C)CN1CCC(NCc2ccc(C(C)C)c([N+](=O)[O-])c2)CC1. The van der Waals surface area contributed by atoms with Crippen molar-refractivity contribution in [1.29, 1.82) is 0 Å². The Morgan fingerprint density at radius 1 is 1.42 bits per heavy atom. The average molecular weight is 331 g/mol. The zero-order valence-corrected chi connectivity index (χ0v) is 15.0. The van der Waals surface area contributed by atoms with E-state index < -0.39 is 0 Å². The molecule has 1 heterocycles. The number of benzene rings is 1. The number of nitro groups is 1. The molecular formula is C19H29N3O2. The molecule has 2 rings (SSSR count). The topological polar surface area (TPSA) is 58.4 Å². The van der Waals surface area contributed by atoms with E-state index in [4.69, 9.17) is 0 Å². The number of hydrogen-bond acceptors (Lipinski definition) is 4. The van der Waals surface area contributed by atoms with Crippen LogP contribution in [0.3, 0.4) is 0 Å². The van der Waals surface area contributed by atoms with Crippen LogP contribution in [0.4, 0.5) is 5.69 Å². The van der Waals surface area contributed by atoms with Gasteiger partial charge in [0.25, 0.3) is 5.69 Å². The first-order valence-electron chi connectivity index (χ1n) is 8.74. The molecule has 1 aromatic rings. The van der Waals surface area contributed by atoms with Gasteiger partial charge >= 0.3 is 0 Å². The number of nitrogens with one attached hydrogen (secondary N) is 1. The molecule has 1 aliphatic heterocycles. The molecular weight excluding hydrogens is 302 g/mol. The van der Waals surface area contributed by atoms with Crippen molar-refractivity contribution in [3.8, 4) is 0 Å². The highest BCUT2D eigenvalue weighted by Gasteiger charge is 2.20. The largest absolute Gasteiger partial charge is 0.310 e. The van der Waals surface area contributed by atoms with Gasteiger partial charge in [0.15, 0.2) is 0 Å². The van der Waals surface area contributed by atoms with Crippen LogP contribution in [-0.4, -0.2) is 35.5 Å². The Bertz CT molecular complexity index is 590. The molecule has 1 saturated heterocycles. The predicted octanol–water partition coefficient (Wildman–Crippen LogP) is 3.85. The minimum Gasteiger partial charge on any atom is -0.310 e. The summed E-state index contributed by atoms with van der Waals surface area (Å²) < 4.78 is 0. The van der Waals surface area contributed by atoms with Gasteiger partial charge < -0.3 is 5.32 Å². The van der Waals surface area contributed by atoms with Crippen LogP contribution in [0.25, 0.3) is 0 Å². The Hall–Kier alpha value is -1.72. The highest BCUT2D eigenvalue weighted by molar-refractivity contribution is 5.45. The molecule has 1 fully saturated rings. The normalized spacial score (nSPS) is 16.5. The van der Waals surface area contributed by atoms with Crippen LogP contribution in [0, 0.1) is 10.1 Å². The molecule has 0 atom stereocenters. The van der Waals surface area contributed by atoms with E-state index in [1.165, 1.54) is 5.57 Å². The van der Waals surface area contributed by atoms with Crippen molar-refractivity contribution in [2.45, 2.75) is 52.1 Å². The molecule has 5 heteroatoms. The van der Waals surface area contributed by atoms with Crippen LogP contribution in [0.2, 0.25) is 0 Å². The maximum Gasteiger partial charge on any atom is 0.273 e. The Morgan fingerprint density at radius 3 is 2.62 bits per heavy atom. The van der Waals surface area contributed by atoms with Crippen LogP contribution < -0.4 is 5.32 Å². The van der Waals surface area contributed by atoms with Crippen molar-refractivity contribution < 1.29 is 4.92 Å². The number of nitrogens with zero attached hydrogens (tertiary/aromatic N) is 2. The van der Waals surface area contributed by atoms with Gasteiger partial charge in [-0.2, -0.15) is 0 Å². The summed E-state index contributed by atoms with van der Waals surface area (Å²) in [5.41, 5.74) is 3.23. The molecule has 0 unspecified atom stereocenters. The molecule has 0 radical (unpaired) electrons. The van der Waals surface area contributed by atoms with Gasteiger partial charge in [-0.1, -0.05) is 38.1 Å². The van der Waals surface area contributed by atoms with Crippen LogP contribution >= 0.6 is 0 Å². The van der Waals surface area contributed by atoms with E-state index in [0.29, 0.717) is 12.6 Å². The Balaban J connectivity index is 1.90. The number of piperidine rings is 1. The highest BCUT2D eigenvalue weighted by Crippen LogP contribution is 2.27. The first-order valence-corrected chi connectivity index (χ1v) is 8.74. The number of likely N-dealkylation sites (tertiary alicyclic amines) is 1. The molecule has 0 saturated carbocycles. The minimum absolute atomic E-state index is 0.157. The molecule has 24 heavy (non-hydrogen) atoms. The van der Waals surface area contributed by atoms with E-state index in [0.717, 1.165) is 43.6 Å². The average Bonchev–Trinajstić information content (AvgIpc) is 2.53. The summed E-state index contributed by atoms with van der Waals surface area (Å²) in [6.07, 6.45) is 2.22. The van der Waals surface area contributed by atoms with Gasteiger partial charge in [-0.05, 0) is 44.3 Å². The Labute approximate surface area is 144 Å². The lowest BCUT2D eigenvalue weighted by Crippen LogP contribution is -2.42. The fraction of sp³-hybridized carbons (Fsp3) is 0.579. The fourth-order valence-electron chi connectivity index (χ4n) is 3.28. The van der Waals surface area contributed by atoms with Crippen LogP contribution in [-0.2, 0) is 6.54 Å². The van der Waals surface area contributed by atoms with Crippen molar-refractivity contribution in [3.63, 3.8) is 0 Å². The zero-order valence-electron chi connectivity index (χ0n) is 15.0. The van der Waals surface area contributed by atoms with Crippen LogP contribution in [0.5, 0.6) is 0 Å². The minimum atomic E-state index is -0.269. The molecule has 0 aromatic heterocycles. The second-order valence-corrected chi connectivity index (χ2v) is 7.19. The number of nitro benzene ring substituents is 1. The molecule has 1 aromatic carbocycles. The van der Waals surface area contributed by atoms with Crippen LogP contribution in [0.15, 0.2) is 30.4 Å². The summed E-state index contributed by atoms with van der Waals surface area (Å²) in [7, 11) is 0. The van der Waals surface area contributed by atoms with Crippen LogP contribution in [0.1, 0.15) is 50.7 Å². The second kappa shape index (κ2) is 8.40. The van der Waals surface area contributed by atoms with E-state index in [1.807, 2.05) is 26.0 Å². The lowest BCUT2D eigenvalue weighted by Gasteiger charge is -2.32. The Kier molecular flexibility index (Phi) is 6.52. The molecule has 0 amide bonds. The van der Waals surface area contributed by atoms with Gasteiger partial charge in [0.2, 0.25) is 0 Å². The van der Waals surface area contributed by atoms with Gasteiger partial charge in [-0.15, -0.1) is 0 Å². The molecule has 0 bridgehead atoms. The second-order valence-electron chi connectivity index (χ2n) is 7.19. The van der Waals surface area contributed by atoms with E-state index in [9.17, 15) is 10.1 Å². The molecule has 1 aliphatic rings. The van der Waals surface area contributed by atoms with Gasteiger partial charge in [0, 0.05) is 30.8 Å². The van der Waals surface area contributed by atoms with Gasteiger partial charge in [-0.3, -0.25) is 15.0 Å². The summed E-state index contributed by atoms with van der Waals surface area (Å²) in [6, 6.07) is 6.11. The van der Waals surface area contributed by atoms with E-state index in [1.54, 1.807) is 6.07 Å². The molecule has 0 spiro atoms. The maximum atomic E-state index is 11.3. The first kappa shape index (κ1) is 18.6. The maximum absolute atomic E-state index is 11.3. The molecule has 0 aliphatic carbocycles. The van der Waals surface area contributed by atoms with E-state index >= 15 is 0 Å². The van der Waals surface area contributed by atoms with E-state index in [2.05, 4.69) is 23.7 Å². The quantitative estimate of drug-likeness (QED) is 0.468. The lowest BCUT2D eigenvalue weighted by molar-refractivity contribution is -0.385. The summed E-state index contributed by atoms with van der Waals surface area (Å²) in [5, 5.41) is 14.8. The van der Waals surface area contributed by atoms with Crippen molar-refractivity contribution in [3.05, 3.63) is 51.6 Å². The highest BCUT2D eigenvalue weighted by atomic mass is 16.6. The monoisotopic (exact) mass is 331 g/mol. The standard InChI is InChI=1S/C19H29N3O2/c1-14(2)13-21-9-7-17(8-10-21)20-12-16-5-6-18(15(3)4)19(11-16)22(23)24/h5-6,11,15,17,20H,1,7-10,12-13H2,2-4H3. The predicted molar refractivity (Wildman–Crippen MR) is 98.3 cm³/mol. The van der Waals surface area contributed by atoms with Crippen molar-refractivity contribution >= 4 is 5.69 Å². The molecule has 132 valence electrons. The van der Waals surface area contributed by atoms with Gasteiger partial charge in [0.05, 0.1) is 4.92 Å². The van der Waals surface area contributed by atoms with Crippen molar-refractivity contribution in [2.24, 2.45) is 0 Å². The van der Waals surface area contributed by atoms with E-state index in [-0.39, 0.29) is 16.5 Å². The number of rotatable bonds is 7. The van der Waals surface area contributed by atoms with Crippen molar-refractivity contribution in [2.75, 3.05) is 19.6 Å². The zero-order chi connectivity index (χ0) is 17.7. The summed E-state index contributed by atoms with van der Waals surface area (Å²) >= 11 is 0. The molecule has 1 N–H and O–H groups in total. The summed E-state index contributed by atoms with van der Waals surface area (Å²) in [6.45, 7) is 13.8. The third-order valence-corrected chi connectivity index (χ3v) is 4.59. The first-order chi connectivity index (χ1) is 11.4. The Morgan fingerprint density at radius 2 is 2.08 bits per heavy atom. The number of hydrogen-bond donors (Lipinski definition) is 1. The van der Waals surface area contributed by atoms with Crippen molar-refractivity contribution in [1.82, 2.24) is 10.2 Å². The third-order valence-electron chi connectivity index (χ3n) is 4.59. The van der Waals surface area contributed by atoms with Gasteiger partial charge in [0.1, 0.15) is 0 Å². The summed E-state index contributed by atoms with van der Waals surface area (Å²) in [4.78, 5) is 13.4. The summed E-state index contributed by atoms with van der Waals surface area (Å²) in [5.74, 6) is 0.157. The lowest BCUT2D eigenvalue weighted by atomic mass is 9.99. The van der Waals surface area contributed by atoms with Gasteiger partial charge in [-0.25, -0.2) is 0 Å².